The van der Waals surface area contributed by atoms with Gasteiger partial charge in [0.2, 0.25) is 0 Å². The largest absolute Gasteiger partial charge is 0.317 e. The zero-order chi connectivity index (χ0) is 15.6. The topological polar surface area (TPSA) is 18.5 Å². The van der Waals surface area contributed by atoms with E-state index in [1.807, 2.05) is 0 Å². The first-order valence-corrected chi connectivity index (χ1v) is 8.56. The lowest BCUT2D eigenvalue weighted by Gasteiger charge is -2.45. The summed E-state index contributed by atoms with van der Waals surface area (Å²) < 4.78 is 14.1. The van der Waals surface area contributed by atoms with Crippen molar-refractivity contribution in [2.24, 2.45) is 0 Å². The number of likely N-dealkylation sites (N-methyl/N-ethyl adjacent to an activating group) is 1. The SMILES string of the molecule is CN1CCCN(Cc2c(F)cccc2Cl)CC12CCNCC2. The normalized spacial score (nSPS) is 23.6. The molecule has 22 heavy (non-hydrogen) atoms. The first-order valence-electron chi connectivity index (χ1n) is 8.18. The standard InChI is InChI=1S/C17H25ClFN3/c1-21-10-3-11-22(13-17(21)6-8-20-9-7-17)12-14-15(18)4-2-5-16(14)19/h2,4-5,20H,3,6-13H2,1H3. The van der Waals surface area contributed by atoms with Crippen LogP contribution in [0.3, 0.4) is 0 Å². The number of hydrogen-bond acceptors (Lipinski definition) is 3. The van der Waals surface area contributed by atoms with Gasteiger partial charge in [-0.3, -0.25) is 9.80 Å². The summed E-state index contributed by atoms with van der Waals surface area (Å²) in [4.78, 5) is 4.91. The van der Waals surface area contributed by atoms with Gasteiger partial charge in [0, 0.05) is 29.2 Å². The molecule has 3 rings (SSSR count). The minimum Gasteiger partial charge on any atom is -0.317 e. The molecule has 0 saturated carbocycles. The fourth-order valence-electron chi connectivity index (χ4n) is 3.86. The molecular weight excluding hydrogens is 301 g/mol. The summed E-state index contributed by atoms with van der Waals surface area (Å²) in [7, 11) is 2.24. The highest BCUT2D eigenvalue weighted by Crippen LogP contribution is 2.30. The van der Waals surface area contributed by atoms with Crippen molar-refractivity contribution in [1.82, 2.24) is 15.1 Å². The van der Waals surface area contributed by atoms with E-state index in [-0.39, 0.29) is 11.4 Å². The second-order valence-electron chi connectivity index (χ2n) is 6.66. The summed E-state index contributed by atoms with van der Waals surface area (Å²) >= 11 is 6.21. The van der Waals surface area contributed by atoms with E-state index in [2.05, 4.69) is 22.2 Å². The van der Waals surface area contributed by atoms with Crippen LogP contribution < -0.4 is 5.32 Å². The van der Waals surface area contributed by atoms with E-state index in [4.69, 9.17) is 11.6 Å². The van der Waals surface area contributed by atoms with Gasteiger partial charge in [0.25, 0.3) is 0 Å². The molecule has 2 fully saturated rings. The van der Waals surface area contributed by atoms with E-state index in [0.717, 1.165) is 52.0 Å². The van der Waals surface area contributed by atoms with Gasteiger partial charge >= 0.3 is 0 Å². The van der Waals surface area contributed by atoms with Gasteiger partial charge in [-0.2, -0.15) is 0 Å². The fraction of sp³-hybridized carbons (Fsp3) is 0.647. The number of hydrogen-bond donors (Lipinski definition) is 1. The minimum absolute atomic E-state index is 0.190. The smallest absolute Gasteiger partial charge is 0.129 e. The maximum Gasteiger partial charge on any atom is 0.129 e. The first-order chi connectivity index (χ1) is 10.6. The third-order valence-electron chi connectivity index (χ3n) is 5.27. The molecule has 1 aromatic rings. The molecule has 122 valence electrons. The highest BCUT2D eigenvalue weighted by molar-refractivity contribution is 6.31. The lowest BCUT2D eigenvalue weighted by molar-refractivity contribution is 0.0635. The summed E-state index contributed by atoms with van der Waals surface area (Å²) in [6.45, 7) is 5.85. The van der Waals surface area contributed by atoms with Gasteiger partial charge in [-0.05, 0) is 64.6 Å². The monoisotopic (exact) mass is 325 g/mol. The lowest BCUT2D eigenvalue weighted by Crippen LogP contribution is -2.57. The number of rotatable bonds is 2. The average Bonchev–Trinajstić information content (AvgIpc) is 2.64. The quantitative estimate of drug-likeness (QED) is 0.902. The lowest BCUT2D eigenvalue weighted by atomic mass is 9.86. The Morgan fingerprint density at radius 1 is 1.27 bits per heavy atom. The van der Waals surface area contributed by atoms with Crippen molar-refractivity contribution in [1.29, 1.82) is 0 Å². The van der Waals surface area contributed by atoms with Gasteiger partial charge in [-0.25, -0.2) is 4.39 Å². The Bertz CT molecular complexity index is 496. The Balaban J connectivity index is 1.79. The summed E-state index contributed by atoms with van der Waals surface area (Å²) in [6, 6.07) is 4.96. The Morgan fingerprint density at radius 2 is 2.05 bits per heavy atom. The molecule has 0 radical (unpaired) electrons. The van der Waals surface area contributed by atoms with Crippen LogP contribution in [0.15, 0.2) is 18.2 Å². The second-order valence-corrected chi connectivity index (χ2v) is 7.07. The van der Waals surface area contributed by atoms with Crippen LogP contribution in [0.25, 0.3) is 0 Å². The molecule has 3 nitrogen and oxygen atoms in total. The Hall–Kier alpha value is -0.680. The van der Waals surface area contributed by atoms with Crippen LogP contribution in [0.1, 0.15) is 24.8 Å². The van der Waals surface area contributed by atoms with E-state index in [0.29, 0.717) is 17.1 Å². The number of nitrogens with one attached hydrogen (secondary N) is 1. The molecule has 2 aliphatic rings. The summed E-state index contributed by atoms with van der Waals surface area (Å²) in [6.07, 6.45) is 3.44. The van der Waals surface area contributed by atoms with Crippen molar-refractivity contribution < 1.29 is 4.39 Å². The molecule has 2 aliphatic heterocycles. The van der Waals surface area contributed by atoms with E-state index in [1.165, 1.54) is 6.07 Å². The highest BCUT2D eigenvalue weighted by atomic mass is 35.5. The highest BCUT2D eigenvalue weighted by Gasteiger charge is 2.39. The molecule has 0 unspecified atom stereocenters. The Labute approximate surface area is 137 Å². The Morgan fingerprint density at radius 3 is 2.77 bits per heavy atom. The van der Waals surface area contributed by atoms with Gasteiger partial charge in [-0.1, -0.05) is 17.7 Å². The van der Waals surface area contributed by atoms with Gasteiger partial charge in [0.05, 0.1) is 0 Å². The van der Waals surface area contributed by atoms with Gasteiger partial charge < -0.3 is 5.32 Å². The second kappa shape index (κ2) is 6.83. The summed E-state index contributed by atoms with van der Waals surface area (Å²) in [5.41, 5.74) is 0.859. The van der Waals surface area contributed by atoms with Crippen LogP contribution in [0.4, 0.5) is 4.39 Å². The van der Waals surface area contributed by atoms with E-state index in [1.54, 1.807) is 12.1 Å². The third-order valence-corrected chi connectivity index (χ3v) is 5.63. The summed E-state index contributed by atoms with van der Waals surface area (Å²) in [5, 5.41) is 3.99. The van der Waals surface area contributed by atoms with Gasteiger partial charge in [0.15, 0.2) is 0 Å². The molecule has 1 aromatic carbocycles. The van der Waals surface area contributed by atoms with Crippen molar-refractivity contribution in [3.8, 4) is 0 Å². The molecule has 2 heterocycles. The number of benzene rings is 1. The molecule has 2 saturated heterocycles. The molecular formula is C17H25ClFN3. The third kappa shape index (κ3) is 3.30. The molecule has 1 spiro atoms. The molecule has 0 aliphatic carbocycles. The van der Waals surface area contributed by atoms with Crippen LogP contribution >= 0.6 is 11.6 Å². The first kappa shape index (κ1) is 16.2. The van der Waals surface area contributed by atoms with Crippen molar-refractivity contribution in [3.63, 3.8) is 0 Å². The zero-order valence-electron chi connectivity index (χ0n) is 13.2. The van der Waals surface area contributed by atoms with E-state index in [9.17, 15) is 4.39 Å². The molecule has 0 aromatic heterocycles. The molecule has 5 heteroatoms. The van der Waals surface area contributed by atoms with E-state index >= 15 is 0 Å². The maximum atomic E-state index is 14.1. The van der Waals surface area contributed by atoms with Crippen LogP contribution in [0.2, 0.25) is 5.02 Å². The van der Waals surface area contributed by atoms with Crippen LogP contribution in [-0.4, -0.2) is 55.1 Å². The molecule has 0 amide bonds. The van der Waals surface area contributed by atoms with E-state index < -0.39 is 0 Å². The molecule has 1 N–H and O–H groups in total. The predicted octanol–water partition coefficient (Wildman–Crippen LogP) is 2.74. The summed E-state index contributed by atoms with van der Waals surface area (Å²) in [5.74, 6) is -0.190. The van der Waals surface area contributed by atoms with Crippen LogP contribution in [-0.2, 0) is 6.54 Å². The minimum atomic E-state index is -0.190. The van der Waals surface area contributed by atoms with Crippen LogP contribution in [0, 0.1) is 5.82 Å². The van der Waals surface area contributed by atoms with Gasteiger partial charge in [-0.15, -0.1) is 0 Å². The maximum absolute atomic E-state index is 14.1. The predicted molar refractivity (Wildman–Crippen MR) is 88.8 cm³/mol. The van der Waals surface area contributed by atoms with Crippen molar-refractivity contribution >= 4 is 11.6 Å². The average molecular weight is 326 g/mol. The van der Waals surface area contributed by atoms with Gasteiger partial charge in [0.1, 0.15) is 5.82 Å². The molecule has 0 atom stereocenters. The van der Waals surface area contributed by atoms with Crippen LogP contribution in [0.5, 0.6) is 0 Å². The van der Waals surface area contributed by atoms with Crippen molar-refractivity contribution in [2.45, 2.75) is 31.3 Å². The molecule has 0 bridgehead atoms. The fourth-order valence-corrected chi connectivity index (χ4v) is 4.08. The number of halogens is 2. The number of nitrogens with zero attached hydrogens (tertiary/aromatic N) is 2. The Kier molecular flexibility index (Phi) is 5.03. The van der Waals surface area contributed by atoms with Crippen molar-refractivity contribution in [3.05, 3.63) is 34.6 Å². The van der Waals surface area contributed by atoms with Crippen molar-refractivity contribution in [2.75, 3.05) is 39.8 Å². The zero-order valence-corrected chi connectivity index (χ0v) is 14.0. The number of piperidine rings is 1.